The minimum Gasteiger partial charge on any atom is -0.480 e. The highest BCUT2D eigenvalue weighted by atomic mass is 16.5. The van der Waals surface area contributed by atoms with Gasteiger partial charge < -0.3 is 19.0 Å². The summed E-state index contributed by atoms with van der Waals surface area (Å²) in [7, 11) is 0. The summed E-state index contributed by atoms with van der Waals surface area (Å²) in [5.41, 5.74) is 3.63. The molecule has 0 radical (unpaired) electrons. The normalized spacial score (nSPS) is 14.1. The summed E-state index contributed by atoms with van der Waals surface area (Å²) in [5.74, 6) is 0.266. The average Bonchev–Trinajstić information content (AvgIpc) is 3.34. The number of nitrogens with one attached hydrogen (secondary N) is 1. The quantitative estimate of drug-likeness (QED) is 0.696. The van der Waals surface area contributed by atoms with Crippen LogP contribution in [0.5, 0.6) is 5.75 Å². The molecule has 0 bridgehead atoms. The van der Waals surface area contributed by atoms with Crippen molar-refractivity contribution in [1.82, 2.24) is 10.5 Å². The first kappa shape index (κ1) is 17.3. The maximum absolute atomic E-state index is 12.3. The van der Waals surface area contributed by atoms with Crippen molar-refractivity contribution in [2.45, 2.75) is 45.8 Å². The lowest BCUT2D eigenvalue weighted by Crippen LogP contribution is -2.36. The van der Waals surface area contributed by atoms with Gasteiger partial charge in [-0.05, 0) is 50.8 Å². The van der Waals surface area contributed by atoms with Gasteiger partial charge in [-0.15, -0.1) is 0 Å². The highest BCUT2D eigenvalue weighted by molar-refractivity contribution is 5.86. The second-order valence-corrected chi connectivity index (χ2v) is 6.78. The number of ether oxygens (including phenoxy) is 1. The molecule has 1 unspecified atom stereocenters. The van der Waals surface area contributed by atoms with Crippen LogP contribution in [0.15, 0.2) is 38.3 Å². The van der Waals surface area contributed by atoms with E-state index in [0.29, 0.717) is 17.9 Å². The number of carbonyl (C=O) groups excluding carboxylic acids is 1. The zero-order chi connectivity index (χ0) is 19.0. The number of benzene rings is 1. The molecule has 1 amide bonds. The van der Waals surface area contributed by atoms with Crippen LogP contribution < -0.4 is 15.7 Å². The largest absolute Gasteiger partial charge is 0.480 e. The fraction of sp³-hybridized carbons (Fsp3) is 0.350. The second-order valence-electron chi connectivity index (χ2n) is 6.78. The van der Waals surface area contributed by atoms with E-state index in [-0.39, 0.29) is 11.5 Å². The van der Waals surface area contributed by atoms with Gasteiger partial charge in [0.15, 0.2) is 6.10 Å². The van der Waals surface area contributed by atoms with Crippen molar-refractivity contribution in [2.24, 2.45) is 0 Å². The standard InChI is InChI=1S/C20H20N2O5/c1-11-17(26-12(2)19(23)21-8-13-9-22-25-10-13)7-6-15-14-4-3-5-16(14)20(24)27-18(11)15/h6-7,9-10,12H,3-5,8H2,1-2H3,(H,21,23). The fourth-order valence-electron chi connectivity index (χ4n) is 3.48. The Morgan fingerprint density at radius 3 is 2.93 bits per heavy atom. The van der Waals surface area contributed by atoms with Crippen LogP contribution in [0.3, 0.4) is 0 Å². The molecule has 4 rings (SSSR count). The van der Waals surface area contributed by atoms with Crippen LogP contribution in [0.4, 0.5) is 0 Å². The Bertz CT molecular complexity index is 1050. The minimum atomic E-state index is -0.706. The van der Waals surface area contributed by atoms with E-state index in [9.17, 15) is 9.59 Å². The van der Waals surface area contributed by atoms with E-state index in [1.165, 1.54) is 6.26 Å². The first-order valence-electron chi connectivity index (χ1n) is 8.95. The number of fused-ring (bicyclic) bond motifs is 3. The zero-order valence-corrected chi connectivity index (χ0v) is 15.2. The van der Waals surface area contributed by atoms with Crippen molar-refractivity contribution in [3.8, 4) is 5.75 Å². The predicted molar refractivity (Wildman–Crippen MR) is 97.7 cm³/mol. The number of aromatic nitrogens is 1. The molecule has 0 aliphatic heterocycles. The lowest BCUT2D eigenvalue weighted by atomic mass is 10.0. The van der Waals surface area contributed by atoms with Gasteiger partial charge in [-0.2, -0.15) is 0 Å². The number of hydrogen-bond donors (Lipinski definition) is 1. The lowest BCUT2D eigenvalue weighted by molar-refractivity contribution is -0.127. The molecule has 1 aliphatic carbocycles. The van der Waals surface area contributed by atoms with E-state index in [1.54, 1.807) is 13.1 Å². The van der Waals surface area contributed by atoms with Crippen LogP contribution in [0.2, 0.25) is 0 Å². The van der Waals surface area contributed by atoms with E-state index in [0.717, 1.165) is 46.9 Å². The highest BCUT2D eigenvalue weighted by Gasteiger charge is 2.22. The molecule has 3 aromatic rings. The van der Waals surface area contributed by atoms with Crippen LogP contribution in [0.25, 0.3) is 11.0 Å². The third kappa shape index (κ3) is 3.20. The Morgan fingerprint density at radius 2 is 2.15 bits per heavy atom. The first-order valence-corrected chi connectivity index (χ1v) is 8.95. The number of nitrogens with zero attached hydrogens (tertiary/aromatic N) is 1. The summed E-state index contributed by atoms with van der Waals surface area (Å²) in [6, 6.07) is 3.74. The number of hydrogen-bond acceptors (Lipinski definition) is 6. The zero-order valence-electron chi connectivity index (χ0n) is 15.2. The Morgan fingerprint density at radius 1 is 1.33 bits per heavy atom. The molecule has 0 saturated carbocycles. The van der Waals surface area contributed by atoms with Gasteiger partial charge in [-0.3, -0.25) is 4.79 Å². The van der Waals surface area contributed by atoms with Crippen molar-refractivity contribution in [1.29, 1.82) is 0 Å². The topological polar surface area (TPSA) is 94.6 Å². The summed E-state index contributed by atoms with van der Waals surface area (Å²) in [6.45, 7) is 3.82. The highest BCUT2D eigenvalue weighted by Crippen LogP contribution is 2.33. The molecular weight excluding hydrogens is 348 g/mol. The Kier molecular flexibility index (Phi) is 4.43. The van der Waals surface area contributed by atoms with Crippen LogP contribution in [0, 0.1) is 6.92 Å². The average molecular weight is 368 g/mol. The van der Waals surface area contributed by atoms with Gasteiger partial charge in [-0.1, -0.05) is 5.16 Å². The second kappa shape index (κ2) is 6.90. The predicted octanol–water partition coefficient (Wildman–Crippen LogP) is 2.66. The first-order chi connectivity index (χ1) is 13.0. The smallest absolute Gasteiger partial charge is 0.339 e. The van der Waals surface area contributed by atoms with E-state index in [2.05, 4.69) is 10.5 Å². The van der Waals surface area contributed by atoms with Gasteiger partial charge >= 0.3 is 5.63 Å². The fourth-order valence-corrected chi connectivity index (χ4v) is 3.48. The van der Waals surface area contributed by atoms with Gasteiger partial charge in [0, 0.05) is 28.6 Å². The number of aryl methyl sites for hydroxylation is 2. The summed E-state index contributed by atoms with van der Waals surface area (Å²) in [5, 5.41) is 7.31. The van der Waals surface area contributed by atoms with Gasteiger partial charge in [0.2, 0.25) is 0 Å². The lowest BCUT2D eigenvalue weighted by Gasteiger charge is -2.17. The molecular formula is C20H20N2O5. The van der Waals surface area contributed by atoms with Crippen LogP contribution in [-0.2, 0) is 24.2 Å². The maximum Gasteiger partial charge on any atom is 0.339 e. The van der Waals surface area contributed by atoms with Gasteiger partial charge in [0.05, 0.1) is 6.20 Å². The molecule has 140 valence electrons. The number of rotatable bonds is 5. The van der Waals surface area contributed by atoms with Gasteiger partial charge in [-0.25, -0.2) is 4.79 Å². The third-order valence-electron chi connectivity index (χ3n) is 4.96. The molecule has 7 heteroatoms. The molecule has 1 aromatic carbocycles. The van der Waals surface area contributed by atoms with Gasteiger partial charge in [0.1, 0.15) is 17.6 Å². The van der Waals surface area contributed by atoms with Crippen LogP contribution in [0.1, 0.15) is 35.6 Å². The number of carbonyl (C=O) groups is 1. The van der Waals surface area contributed by atoms with E-state index in [1.807, 2.05) is 19.1 Å². The monoisotopic (exact) mass is 368 g/mol. The van der Waals surface area contributed by atoms with Crippen LogP contribution >= 0.6 is 0 Å². The Balaban J connectivity index is 1.55. The third-order valence-corrected chi connectivity index (χ3v) is 4.96. The number of amides is 1. The van der Waals surface area contributed by atoms with Crippen LogP contribution in [-0.4, -0.2) is 17.2 Å². The molecule has 7 nitrogen and oxygen atoms in total. The van der Waals surface area contributed by atoms with E-state index < -0.39 is 6.10 Å². The van der Waals surface area contributed by atoms with Gasteiger partial charge in [0.25, 0.3) is 5.91 Å². The van der Waals surface area contributed by atoms with E-state index in [4.69, 9.17) is 13.7 Å². The molecule has 2 aromatic heterocycles. The van der Waals surface area contributed by atoms with Crippen molar-refractivity contribution in [3.05, 3.63) is 57.3 Å². The van der Waals surface area contributed by atoms with Crippen molar-refractivity contribution >= 4 is 16.9 Å². The molecule has 1 aliphatic rings. The molecule has 0 saturated heterocycles. The summed E-state index contributed by atoms with van der Waals surface area (Å²) in [6.07, 6.45) is 4.94. The van der Waals surface area contributed by atoms with E-state index >= 15 is 0 Å². The van der Waals surface area contributed by atoms with Crippen molar-refractivity contribution in [2.75, 3.05) is 0 Å². The Hall–Kier alpha value is -3.09. The molecule has 1 N–H and O–H groups in total. The SMILES string of the molecule is Cc1c(OC(C)C(=O)NCc2cnoc2)ccc2c3c(c(=O)oc12)CCC3. The summed E-state index contributed by atoms with van der Waals surface area (Å²) < 4.78 is 16.1. The molecule has 0 fully saturated rings. The molecule has 27 heavy (non-hydrogen) atoms. The summed E-state index contributed by atoms with van der Waals surface area (Å²) >= 11 is 0. The van der Waals surface area contributed by atoms with Crippen molar-refractivity contribution in [3.63, 3.8) is 0 Å². The Labute approximate surface area is 155 Å². The maximum atomic E-state index is 12.3. The molecule has 1 atom stereocenters. The molecule has 0 spiro atoms. The molecule has 2 heterocycles. The van der Waals surface area contributed by atoms with Crippen molar-refractivity contribution < 1.29 is 18.5 Å². The summed E-state index contributed by atoms with van der Waals surface area (Å²) in [4.78, 5) is 24.5. The minimum absolute atomic E-state index is 0.258.